The van der Waals surface area contributed by atoms with Gasteiger partial charge < -0.3 is 9.88 Å². The fraction of sp³-hybridized carbons (Fsp3) is 0.643. The van der Waals surface area contributed by atoms with E-state index < -0.39 is 0 Å². The lowest BCUT2D eigenvalue weighted by molar-refractivity contribution is 0.356. The van der Waals surface area contributed by atoms with E-state index >= 15 is 0 Å². The van der Waals surface area contributed by atoms with Crippen molar-refractivity contribution in [2.24, 2.45) is 0 Å². The number of rotatable bonds is 2. The second-order valence-corrected chi connectivity index (χ2v) is 5.25. The molecular formula is C14H20N2O. The summed E-state index contributed by atoms with van der Waals surface area (Å²) in [5.41, 5.74) is 2.86. The van der Waals surface area contributed by atoms with Crippen LogP contribution in [0.15, 0.2) is 16.9 Å². The van der Waals surface area contributed by atoms with Gasteiger partial charge in [-0.25, -0.2) is 0 Å². The fourth-order valence-corrected chi connectivity index (χ4v) is 3.13. The standard InChI is InChI=1S/C14H20N2O/c17-14-8-7-11-4-3-6-13(11)16(14)10-12-5-1-2-9-15-12/h7-8,12,15H,1-6,9-10H2. The molecule has 1 aliphatic heterocycles. The molecule has 3 rings (SSSR count). The Morgan fingerprint density at radius 2 is 2.18 bits per heavy atom. The summed E-state index contributed by atoms with van der Waals surface area (Å²) >= 11 is 0. The van der Waals surface area contributed by atoms with Crippen molar-refractivity contribution in [2.75, 3.05) is 6.54 Å². The zero-order valence-electron chi connectivity index (χ0n) is 10.2. The van der Waals surface area contributed by atoms with Crippen LogP contribution in [-0.4, -0.2) is 17.2 Å². The van der Waals surface area contributed by atoms with Crippen LogP contribution in [0.1, 0.15) is 36.9 Å². The smallest absolute Gasteiger partial charge is 0.250 e. The Bertz CT molecular complexity index is 458. The van der Waals surface area contributed by atoms with Crippen LogP contribution < -0.4 is 10.9 Å². The van der Waals surface area contributed by atoms with E-state index in [1.165, 1.54) is 36.9 Å². The van der Waals surface area contributed by atoms with Crippen LogP contribution in [-0.2, 0) is 19.4 Å². The van der Waals surface area contributed by atoms with Gasteiger partial charge in [0, 0.05) is 24.3 Å². The molecule has 1 aliphatic carbocycles. The lowest BCUT2D eigenvalue weighted by Gasteiger charge is -2.25. The Morgan fingerprint density at radius 3 is 3.00 bits per heavy atom. The monoisotopic (exact) mass is 232 g/mol. The van der Waals surface area contributed by atoms with Crippen LogP contribution in [0.25, 0.3) is 0 Å². The number of nitrogens with zero attached hydrogens (tertiary/aromatic N) is 1. The molecule has 3 nitrogen and oxygen atoms in total. The topological polar surface area (TPSA) is 34.0 Å². The third-order valence-corrected chi connectivity index (χ3v) is 4.06. The third kappa shape index (κ3) is 2.16. The highest BCUT2D eigenvalue weighted by Crippen LogP contribution is 2.20. The van der Waals surface area contributed by atoms with Gasteiger partial charge in [0.15, 0.2) is 0 Å². The normalized spacial score (nSPS) is 23.6. The van der Waals surface area contributed by atoms with Gasteiger partial charge in [0.05, 0.1) is 0 Å². The minimum atomic E-state index is 0.179. The SMILES string of the molecule is O=c1ccc2c(n1CC1CCCCN1)CCC2. The van der Waals surface area contributed by atoms with E-state index in [0.717, 1.165) is 25.9 Å². The summed E-state index contributed by atoms with van der Waals surface area (Å²) in [7, 11) is 0. The molecule has 2 aliphatic rings. The number of hydrogen-bond donors (Lipinski definition) is 1. The summed E-state index contributed by atoms with van der Waals surface area (Å²) in [6.45, 7) is 1.97. The predicted octanol–water partition coefficient (Wildman–Crippen LogP) is 1.48. The van der Waals surface area contributed by atoms with E-state index in [4.69, 9.17) is 0 Å². The van der Waals surface area contributed by atoms with E-state index in [1.807, 2.05) is 10.6 Å². The first-order valence-corrected chi connectivity index (χ1v) is 6.79. The van der Waals surface area contributed by atoms with Crippen molar-refractivity contribution >= 4 is 0 Å². The number of piperidine rings is 1. The Labute approximate surface area is 102 Å². The molecule has 0 spiro atoms. The highest BCUT2D eigenvalue weighted by atomic mass is 16.1. The number of nitrogens with one attached hydrogen (secondary N) is 1. The quantitative estimate of drug-likeness (QED) is 0.838. The van der Waals surface area contributed by atoms with E-state index in [2.05, 4.69) is 5.32 Å². The van der Waals surface area contributed by atoms with Crippen LogP contribution in [0, 0.1) is 0 Å². The summed E-state index contributed by atoms with van der Waals surface area (Å²) < 4.78 is 2.02. The second-order valence-electron chi connectivity index (χ2n) is 5.25. The number of hydrogen-bond acceptors (Lipinski definition) is 2. The molecule has 0 bridgehead atoms. The minimum absolute atomic E-state index is 0.179. The second kappa shape index (κ2) is 4.65. The van der Waals surface area contributed by atoms with Gasteiger partial charge in [-0.05, 0) is 44.2 Å². The lowest BCUT2D eigenvalue weighted by Crippen LogP contribution is -2.40. The predicted molar refractivity (Wildman–Crippen MR) is 68.4 cm³/mol. The van der Waals surface area contributed by atoms with Crippen molar-refractivity contribution in [2.45, 2.75) is 51.1 Å². The van der Waals surface area contributed by atoms with Crippen LogP contribution >= 0.6 is 0 Å². The maximum Gasteiger partial charge on any atom is 0.250 e. The van der Waals surface area contributed by atoms with E-state index in [1.54, 1.807) is 6.07 Å². The molecule has 1 N–H and O–H groups in total. The van der Waals surface area contributed by atoms with Gasteiger partial charge in [-0.1, -0.05) is 12.5 Å². The molecule has 17 heavy (non-hydrogen) atoms. The molecule has 3 heteroatoms. The molecule has 1 aromatic rings. The van der Waals surface area contributed by atoms with Gasteiger partial charge in [-0.2, -0.15) is 0 Å². The van der Waals surface area contributed by atoms with E-state index in [-0.39, 0.29) is 5.56 Å². The Kier molecular flexibility index (Phi) is 3.02. The Hall–Kier alpha value is -1.09. The van der Waals surface area contributed by atoms with Gasteiger partial charge in [0.25, 0.3) is 5.56 Å². The lowest BCUT2D eigenvalue weighted by atomic mass is 10.0. The molecule has 1 atom stereocenters. The first kappa shape index (κ1) is 11.0. The molecule has 0 aromatic carbocycles. The number of aromatic nitrogens is 1. The molecule has 1 saturated heterocycles. The maximum atomic E-state index is 12.0. The van der Waals surface area contributed by atoms with Gasteiger partial charge in [-0.15, -0.1) is 0 Å². The summed E-state index contributed by atoms with van der Waals surface area (Å²) in [6, 6.07) is 4.26. The zero-order valence-corrected chi connectivity index (χ0v) is 10.2. The van der Waals surface area contributed by atoms with Gasteiger partial charge in [0.2, 0.25) is 0 Å². The molecule has 1 fully saturated rings. The van der Waals surface area contributed by atoms with Crippen molar-refractivity contribution in [3.8, 4) is 0 Å². The van der Waals surface area contributed by atoms with Gasteiger partial charge >= 0.3 is 0 Å². The average molecular weight is 232 g/mol. The third-order valence-electron chi connectivity index (χ3n) is 4.06. The molecule has 2 heterocycles. The molecule has 1 unspecified atom stereocenters. The molecule has 1 aromatic heterocycles. The molecule has 0 amide bonds. The zero-order chi connectivity index (χ0) is 11.7. The van der Waals surface area contributed by atoms with Crippen LogP contribution in [0.4, 0.5) is 0 Å². The Morgan fingerprint density at radius 1 is 1.24 bits per heavy atom. The molecular weight excluding hydrogens is 212 g/mol. The van der Waals surface area contributed by atoms with Crippen molar-refractivity contribution in [3.05, 3.63) is 33.7 Å². The van der Waals surface area contributed by atoms with Crippen molar-refractivity contribution < 1.29 is 0 Å². The summed E-state index contributed by atoms with van der Waals surface area (Å²) in [4.78, 5) is 12.0. The average Bonchev–Trinajstić information content (AvgIpc) is 2.83. The molecule has 92 valence electrons. The van der Waals surface area contributed by atoms with Crippen LogP contribution in [0.2, 0.25) is 0 Å². The summed E-state index contributed by atoms with van der Waals surface area (Å²) in [5, 5.41) is 3.53. The first-order valence-electron chi connectivity index (χ1n) is 6.79. The highest BCUT2D eigenvalue weighted by Gasteiger charge is 2.19. The number of fused-ring (bicyclic) bond motifs is 1. The molecule has 0 radical (unpaired) electrons. The first-order chi connectivity index (χ1) is 8.34. The van der Waals surface area contributed by atoms with Crippen molar-refractivity contribution in [1.82, 2.24) is 9.88 Å². The van der Waals surface area contributed by atoms with Gasteiger partial charge in [0.1, 0.15) is 0 Å². The number of pyridine rings is 1. The number of aryl methyl sites for hydroxylation is 1. The largest absolute Gasteiger partial charge is 0.312 e. The summed E-state index contributed by atoms with van der Waals surface area (Å²) in [6.07, 6.45) is 7.21. The fourth-order valence-electron chi connectivity index (χ4n) is 3.13. The van der Waals surface area contributed by atoms with Gasteiger partial charge in [-0.3, -0.25) is 4.79 Å². The van der Waals surface area contributed by atoms with Crippen molar-refractivity contribution in [1.29, 1.82) is 0 Å². The Balaban J connectivity index is 1.86. The van der Waals surface area contributed by atoms with E-state index in [0.29, 0.717) is 6.04 Å². The van der Waals surface area contributed by atoms with E-state index in [9.17, 15) is 4.79 Å². The molecule has 0 saturated carbocycles. The minimum Gasteiger partial charge on any atom is -0.312 e. The summed E-state index contributed by atoms with van der Waals surface area (Å²) in [5.74, 6) is 0. The highest BCUT2D eigenvalue weighted by molar-refractivity contribution is 5.25. The van der Waals surface area contributed by atoms with Crippen molar-refractivity contribution in [3.63, 3.8) is 0 Å². The maximum absolute atomic E-state index is 12.0. The van der Waals surface area contributed by atoms with Crippen LogP contribution in [0.3, 0.4) is 0 Å². The van der Waals surface area contributed by atoms with Crippen LogP contribution in [0.5, 0.6) is 0 Å².